The van der Waals surface area contributed by atoms with Crippen molar-refractivity contribution in [3.63, 3.8) is 0 Å². The Morgan fingerprint density at radius 2 is 2.07 bits per heavy atom. The van der Waals surface area contributed by atoms with Crippen LogP contribution in [0.4, 0.5) is 11.4 Å². The molecular formula is C20H18N4O3. The first-order valence-electron chi connectivity index (χ1n) is 8.32. The van der Waals surface area contributed by atoms with Crippen LogP contribution >= 0.6 is 0 Å². The molecule has 136 valence electrons. The molecule has 0 saturated heterocycles. The van der Waals surface area contributed by atoms with E-state index in [9.17, 15) is 14.9 Å². The molecule has 0 saturated carbocycles. The highest BCUT2D eigenvalue weighted by atomic mass is 16.6. The summed E-state index contributed by atoms with van der Waals surface area (Å²) in [4.78, 5) is 22.4. The normalized spacial score (nSPS) is 10.9. The molecule has 3 rings (SSSR count). The van der Waals surface area contributed by atoms with E-state index < -0.39 is 4.92 Å². The van der Waals surface area contributed by atoms with Gasteiger partial charge in [-0.25, -0.2) is 0 Å². The number of benzene rings is 2. The fourth-order valence-corrected chi connectivity index (χ4v) is 2.57. The number of non-ortho nitro benzene ring substituents is 1. The molecule has 0 aliphatic carbocycles. The highest BCUT2D eigenvalue weighted by molar-refractivity contribution is 6.01. The van der Waals surface area contributed by atoms with Crippen molar-refractivity contribution in [3.8, 4) is 0 Å². The van der Waals surface area contributed by atoms with Crippen LogP contribution in [-0.2, 0) is 11.3 Å². The third kappa shape index (κ3) is 4.88. The maximum atomic E-state index is 12.1. The number of rotatable bonds is 6. The van der Waals surface area contributed by atoms with Crippen molar-refractivity contribution in [2.24, 2.45) is 0 Å². The van der Waals surface area contributed by atoms with Crippen molar-refractivity contribution < 1.29 is 9.72 Å². The van der Waals surface area contributed by atoms with E-state index in [0.29, 0.717) is 17.8 Å². The predicted molar refractivity (Wildman–Crippen MR) is 103 cm³/mol. The van der Waals surface area contributed by atoms with Gasteiger partial charge in [0.15, 0.2) is 0 Å². The van der Waals surface area contributed by atoms with Gasteiger partial charge < -0.3 is 5.32 Å². The van der Waals surface area contributed by atoms with Crippen LogP contribution in [0.5, 0.6) is 0 Å². The summed E-state index contributed by atoms with van der Waals surface area (Å²) >= 11 is 0. The number of hydrogen-bond acceptors (Lipinski definition) is 4. The topological polar surface area (TPSA) is 90.1 Å². The van der Waals surface area contributed by atoms with E-state index in [1.54, 1.807) is 29.2 Å². The van der Waals surface area contributed by atoms with Crippen LogP contribution in [0.25, 0.3) is 6.08 Å². The zero-order valence-corrected chi connectivity index (χ0v) is 14.7. The molecule has 0 radical (unpaired) electrons. The largest absolute Gasteiger partial charge is 0.320 e. The molecule has 0 aliphatic heterocycles. The van der Waals surface area contributed by atoms with Gasteiger partial charge in [0.1, 0.15) is 0 Å². The Hall–Kier alpha value is -3.74. The van der Waals surface area contributed by atoms with Crippen LogP contribution in [-0.4, -0.2) is 20.6 Å². The summed E-state index contributed by atoms with van der Waals surface area (Å²) in [5, 5.41) is 17.8. The Morgan fingerprint density at radius 1 is 1.26 bits per heavy atom. The van der Waals surface area contributed by atoms with Crippen LogP contribution in [0.2, 0.25) is 0 Å². The second-order valence-corrected chi connectivity index (χ2v) is 6.03. The lowest BCUT2D eigenvalue weighted by molar-refractivity contribution is -0.384. The Morgan fingerprint density at radius 3 is 2.85 bits per heavy atom. The molecule has 27 heavy (non-hydrogen) atoms. The number of carbonyl (C=O) groups excluding carboxylic acids is 1. The van der Waals surface area contributed by atoms with Gasteiger partial charge in [0.25, 0.3) is 5.69 Å². The second-order valence-electron chi connectivity index (χ2n) is 6.03. The average Bonchev–Trinajstić information content (AvgIpc) is 3.09. The number of anilines is 1. The maximum absolute atomic E-state index is 12.1. The number of carbonyl (C=O) groups is 1. The standard InChI is InChI=1S/C20H18N4O3/c1-15-5-2-3-7-17(15)13-23-14-18(12-21-23)22-20(25)10-9-16-6-4-8-19(11-16)24(26)27/h2-12,14H,13H2,1H3,(H,22,25)/b10-9+. The molecule has 3 aromatic rings. The first-order valence-corrected chi connectivity index (χ1v) is 8.32. The number of aromatic nitrogens is 2. The van der Waals surface area contributed by atoms with Crippen LogP contribution in [0.1, 0.15) is 16.7 Å². The van der Waals surface area contributed by atoms with E-state index in [4.69, 9.17) is 0 Å². The summed E-state index contributed by atoms with van der Waals surface area (Å²) in [6, 6.07) is 14.1. The van der Waals surface area contributed by atoms with Gasteiger partial charge in [0, 0.05) is 24.4 Å². The van der Waals surface area contributed by atoms with Crippen LogP contribution in [0, 0.1) is 17.0 Å². The summed E-state index contributed by atoms with van der Waals surface area (Å²) in [7, 11) is 0. The fraction of sp³-hybridized carbons (Fsp3) is 0.100. The molecule has 7 nitrogen and oxygen atoms in total. The van der Waals surface area contributed by atoms with Crippen molar-refractivity contribution in [2.45, 2.75) is 13.5 Å². The number of nitrogens with zero attached hydrogens (tertiary/aromatic N) is 3. The SMILES string of the molecule is Cc1ccccc1Cn1cc(NC(=O)/C=C/c2cccc([N+](=O)[O-])c2)cn1. The summed E-state index contributed by atoms with van der Waals surface area (Å²) in [6.45, 7) is 2.66. The first kappa shape index (κ1) is 18.1. The van der Waals surface area contributed by atoms with E-state index in [1.165, 1.54) is 29.8 Å². The molecule has 0 spiro atoms. The Bertz CT molecular complexity index is 1010. The van der Waals surface area contributed by atoms with E-state index in [-0.39, 0.29) is 11.6 Å². The first-order chi connectivity index (χ1) is 13.0. The number of aryl methyl sites for hydroxylation is 1. The van der Waals surface area contributed by atoms with Crippen molar-refractivity contribution in [3.05, 3.63) is 93.8 Å². The number of nitro benzene ring substituents is 1. The van der Waals surface area contributed by atoms with Gasteiger partial charge in [0.2, 0.25) is 5.91 Å². The van der Waals surface area contributed by atoms with Gasteiger partial charge in [0.05, 0.1) is 23.4 Å². The van der Waals surface area contributed by atoms with Crippen LogP contribution in [0.3, 0.4) is 0 Å². The lowest BCUT2D eigenvalue weighted by Crippen LogP contribution is -2.07. The lowest BCUT2D eigenvalue weighted by atomic mass is 10.1. The second kappa shape index (κ2) is 8.09. The third-order valence-electron chi connectivity index (χ3n) is 4.00. The van der Waals surface area contributed by atoms with E-state index in [2.05, 4.69) is 10.4 Å². The number of nitrogens with one attached hydrogen (secondary N) is 1. The maximum Gasteiger partial charge on any atom is 0.270 e. The minimum atomic E-state index is -0.472. The summed E-state index contributed by atoms with van der Waals surface area (Å²) in [5.41, 5.74) is 3.48. The summed E-state index contributed by atoms with van der Waals surface area (Å²) in [5.74, 6) is -0.336. The molecule has 1 aromatic heterocycles. The molecule has 0 unspecified atom stereocenters. The van der Waals surface area contributed by atoms with Gasteiger partial charge in [-0.2, -0.15) is 5.10 Å². The van der Waals surface area contributed by atoms with Gasteiger partial charge in [-0.15, -0.1) is 0 Å². The highest BCUT2D eigenvalue weighted by Crippen LogP contribution is 2.15. The van der Waals surface area contributed by atoms with Crippen molar-refractivity contribution in [1.29, 1.82) is 0 Å². The molecule has 7 heteroatoms. The Balaban J connectivity index is 1.62. The highest BCUT2D eigenvalue weighted by Gasteiger charge is 2.06. The number of hydrogen-bond donors (Lipinski definition) is 1. The Kier molecular flexibility index (Phi) is 5.41. The van der Waals surface area contributed by atoms with Gasteiger partial charge >= 0.3 is 0 Å². The number of nitro groups is 1. The Labute approximate surface area is 156 Å². The van der Waals surface area contributed by atoms with Gasteiger partial charge in [-0.1, -0.05) is 36.4 Å². The van der Waals surface area contributed by atoms with Crippen LogP contribution in [0.15, 0.2) is 67.0 Å². The summed E-state index contributed by atoms with van der Waals surface area (Å²) in [6.07, 6.45) is 6.20. The smallest absolute Gasteiger partial charge is 0.270 e. The molecular weight excluding hydrogens is 344 g/mol. The molecule has 0 atom stereocenters. The molecule has 1 amide bonds. The van der Waals surface area contributed by atoms with E-state index in [1.807, 2.05) is 31.2 Å². The molecule has 0 fully saturated rings. The van der Waals surface area contributed by atoms with Crippen molar-refractivity contribution in [1.82, 2.24) is 9.78 Å². The van der Waals surface area contributed by atoms with Gasteiger partial charge in [-0.05, 0) is 29.7 Å². The molecule has 2 aromatic carbocycles. The zero-order valence-electron chi connectivity index (χ0n) is 14.7. The third-order valence-corrected chi connectivity index (χ3v) is 4.00. The van der Waals surface area contributed by atoms with Crippen molar-refractivity contribution in [2.75, 3.05) is 5.32 Å². The average molecular weight is 362 g/mol. The quantitative estimate of drug-likeness (QED) is 0.410. The lowest BCUT2D eigenvalue weighted by Gasteiger charge is -2.05. The van der Waals surface area contributed by atoms with Crippen molar-refractivity contribution >= 4 is 23.4 Å². The molecule has 1 N–H and O–H groups in total. The minimum Gasteiger partial charge on any atom is -0.320 e. The fourth-order valence-electron chi connectivity index (χ4n) is 2.57. The monoisotopic (exact) mass is 362 g/mol. The van der Waals surface area contributed by atoms with E-state index in [0.717, 1.165) is 5.56 Å². The number of amides is 1. The summed E-state index contributed by atoms with van der Waals surface area (Å²) < 4.78 is 1.75. The van der Waals surface area contributed by atoms with E-state index >= 15 is 0 Å². The van der Waals surface area contributed by atoms with Crippen LogP contribution < -0.4 is 5.32 Å². The zero-order chi connectivity index (χ0) is 19.2. The molecule has 1 heterocycles. The van der Waals surface area contributed by atoms with Gasteiger partial charge in [-0.3, -0.25) is 19.6 Å². The molecule has 0 bridgehead atoms. The predicted octanol–water partition coefficient (Wildman–Crippen LogP) is 3.80. The molecule has 0 aliphatic rings. The minimum absolute atomic E-state index is 0.0185.